The Kier molecular flexibility index (Phi) is 2.47. The molecule has 0 amide bonds. The molecule has 4 nitrogen and oxygen atoms in total. The molecule has 0 spiro atoms. The zero-order valence-corrected chi connectivity index (χ0v) is 6.74. The number of carboxylic acid groups (broad SMARTS) is 1. The fraction of sp³-hybridized carbons (Fsp3) is 0.500. The van der Waals surface area contributed by atoms with Crippen LogP contribution in [0.2, 0.25) is 0 Å². The number of ether oxygens (including phenoxy) is 1. The summed E-state index contributed by atoms with van der Waals surface area (Å²) < 4.78 is 4.67. The number of carboxylic acids is 1. The second kappa shape index (κ2) is 3.38. The van der Waals surface area contributed by atoms with Gasteiger partial charge in [-0.25, -0.2) is 4.79 Å². The molecule has 1 rings (SSSR count). The molecule has 0 saturated carbocycles. The lowest BCUT2D eigenvalue weighted by molar-refractivity contribution is -0.138. The van der Waals surface area contributed by atoms with E-state index in [0.717, 1.165) is 0 Å². The van der Waals surface area contributed by atoms with Gasteiger partial charge in [0.05, 0.1) is 13.0 Å². The molecule has 1 atom stereocenters. The van der Waals surface area contributed by atoms with E-state index in [4.69, 9.17) is 5.11 Å². The van der Waals surface area contributed by atoms with Crippen molar-refractivity contribution < 1.29 is 19.4 Å². The average Bonchev–Trinajstić information content (AvgIpc) is 2.35. The van der Waals surface area contributed by atoms with E-state index in [1.165, 1.54) is 6.92 Å². The van der Waals surface area contributed by atoms with E-state index in [1.807, 2.05) is 0 Å². The number of aliphatic carboxylic acids is 1. The Morgan fingerprint density at radius 3 is 2.83 bits per heavy atom. The zero-order valence-electron chi connectivity index (χ0n) is 6.74. The first-order valence-electron chi connectivity index (χ1n) is 3.67. The van der Waals surface area contributed by atoms with E-state index in [-0.39, 0.29) is 17.5 Å². The first-order valence-corrected chi connectivity index (χ1v) is 3.67. The number of carbonyl (C=O) groups excluding carboxylic acids is 1. The maximum absolute atomic E-state index is 10.6. The van der Waals surface area contributed by atoms with Crippen LogP contribution in [0.5, 0.6) is 0 Å². The Balaban J connectivity index is 2.56. The van der Waals surface area contributed by atoms with Crippen LogP contribution in [-0.2, 0) is 14.3 Å². The molecular weight excluding hydrogens is 160 g/mol. The normalized spacial score (nSPS) is 23.9. The maximum atomic E-state index is 10.6. The molecule has 1 aliphatic rings. The molecule has 1 aliphatic heterocycles. The van der Waals surface area contributed by atoms with Gasteiger partial charge in [0.1, 0.15) is 0 Å². The molecular formula is C8H10O4. The second-order valence-corrected chi connectivity index (χ2v) is 2.80. The highest BCUT2D eigenvalue weighted by atomic mass is 16.5. The molecule has 1 unspecified atom stereocenters. The van der Waals surface area contributed by atoms with Crippen molar-refractivity contribution in [2.45, 2.75) is 13.3 Å². The van der Waals surface area contributed by atoms with Gasteiger partial charge in [0.25, 0.3) is 0 Å². The summed E-state index contributed by atoms with van der Waals surface area (Å²) in [7, 11) is 0. The fourth-order valence-electron chi connectivity index (χ4n) is 1.06. The summed E-state index contributed by atoms with van der Waals surface area (Å²) in [6.07, 6.45) is 1.86. The van der Waals surface area contributed by atoms with Crippen molar-refractivity contribution in [2.24, 2.45) is 5.92 Å². The fourth-order valence-corrected chi connectivity index (χ4v) is 1.06. The Morgan fingerprint density at radius 2 is 2.42 bits per heavy atom. The maximum Gasteiger partial charge on any atom is 0.330 e. The number of hydrogen-bond acceptors (Lipinski definition) is 3. The number of carbonyl (C=O) groups is 2. The van der Waals surface area contributed by atoms with E-state index in [2.05, 4.69) is 4.74 Å². The average molecular weight is 170 g/mol. The van der Waals surface area contributed by atoms with Crippen LogP contribution >= 0.6 is 0 Å². The minimum Gasteiger partial charge on any atom is -0.478 e. The third kappa shape index (κ3) is 2.08. The second-order valence-electron chi connectivity index (χ2n) is 2.80. The first-order chi connectivity index (χ1) is 5.59. The Morgan fingerprint density at radius 1 is 1.75 bits per heavy atom. The summed E-state index contributed by atoms with van der Waals surface area (Å²) in [4.78, 5) is 21.0. The topological polar surface area (TPSA) is 63.6 Å². The lowest BCUT2D eigenvalue weighted by Gasteiger charge is -1.98. The van der Waals surface area contributed by atoms with Crippen LogP contribution in [0.15, 0.2) is 11.6 Å². The highest BCUT2D eigenvalue weighted by Gasteiger charge is 2.22. The summed E-state index contributed by atoms with van der Waals surface area (Å²) in [6, 6.07) is 0. The van der Waals surface area contributed by atoms with Gasteiger partial charge in [-0.2, -0.15) is 0 Å². The van der Waals surface area contributed by atoms with Crippen molar-refractivity contribution in [3.8, 4) is 0 Å². The largest absolute Gasteiger partial charge is 0.478 e. The van der Waals surface area contributed by atoms with Crippen molar-refractivity contribution in [3.63, 3.8) is 0 Å². The molecule has 1 heterocycles. The summed E-state index contributed by atoms with van der Waals surface area (Å²) in [6.45, 7) is 1.81. The molecule has 12 heavy (non-hydrogen) atoms. The molecule has 0 bridgehead atoms. The molecule has 0 aromatic carbocycles. The van der Waals surface area contributed by atoms with E-state index in [0.29, 0.717) is 13.0 Å². The highest BCUT2D eigenvalue weighted by molar-refractivity contribution is 5.86. The SMILES string of the molecule is C/C(=C\C1COC(=O)C1)C(=O)O. The Bertz CT molecular complexity index is 241. The lowest BCUT2D eigenvalue weighted by Crippen LogP contribution is -2.01. The van der Waals surface area contributed by atoms with Gasteiger partial charge in [0, 0.05) is 11.5 Å². The minimum atomic E-state index is -0.950. The summed E-state index contributed by atoms with van der Waals surface area (Å²) in [5.41, 5.74) is 0.262. The number of rotatable bonds is 2. The summed E-state index contributed by atoms with van der Waals surface area (Å²) in [5, 5.41) is 8.51. The van der Waals surface area contributed by atoms with Crippen molar-refractivity contribution in [2.75, 3.05) is 6.61 Å². The summed E-state index contributed by atoms with van der Waals surface area (Å²) in [5.74, 6) is -1.27. The Labute approximate surface area is 69.8 Å². The van der Waals surface area contributed by atoms with Crippen molar-refractivity contribution in [1.82, 2.24) is 0 Å². The monoisotopic (exact) mass is 170 g/mol. The summed E-state index contributed by atoms with van der Waals surface area (Å²) >= 11 is 0. The third-order valence-corrected chi connectivity index (χ3v) is 1.71. The van der Waals surface area contributed by atoms with Crippen molar-refractivity contribution >= 4 is 11.9 Å². The van der Waals surface area contributed by atoms with Gasteiger partial charge in [-0.05, 0) is 6.92 Å². The Hall–Kier alpha value is -1.32. The van der Waals surface area contributed by atoms with Gasteiger partial charge < -0.3 is 9.84 Å². The van der Waals surface area contributed by atoms with Crippen molar-refractivity contribution in [3.05, 3.63) is 11.6 Å². The molecule has 1 fully saturated rings. The molecule has 1 N–H and O–H groups in total. The van der Waals surface area contributed by atoms with Gasteiger partial charge >= 0.3 is 11.9 Å². The van der Waals surface area contributed by atoms with Gasteiger partial charge in [-0.3, -0.25) is 4.79 Å². The first kappa shape index (κ1) is 8.77. The highest BCUT2D eigenvalue weighted by Crippen LogP contribution is 2.16. The van der Waals surface area contributed by atoms with Crippen LogP contribution in [0.25, 0.3) is 0 Å². The molecule has 0 aliphatic carbocycles. The van der Waals surface area contributed by atoms with Gasteiger partial charge in [0.2, 0.25) is 0 Å². The van der Waals surface area contributed by atoms with Gasteiger partial charge in [-0.1, -0.05) is 6.08 Å². The number of hydrogen-bond donors (Lipinski definition) is 1. The van der Waals surface area contributed by atoms with Crippen LogP contribution < -0.4 is 0 Å². The standard InChI is InChI=1S/C8H10O4/c1-5(8(10)11)2-6-3-7(9)12-4-6/h2,6H,3-4H2,1H3,(H,10,11)/b5-2+. The van der Waals surface area contributed by atoms with Gasteiger partial charge in [0.15, 0.2) is 0 Å². The predicted molar refractivity (Wildman–Crippen MR) is 40.5 cm³/mol. The van der Waals surface area contributed by atoms with E-state index >= 15 is 0 Å². The zero-order chi connectivity index (χ0) is 9.14. The van der Waals surface area contributed by atoms with Crippen LogP contribution in [0.3, 0.4) is 0 Å². The lowest BCUT2D eigenvalue weighted by atomic mass is 10.1. The third-order valence-electron chi connectivity index (χ3n) is 1.71. The van der Waals surface area contributed by atoms with Crippen LogP contribution in [0, 0.1) is 5.92 Å². The van der Waals surface area contributed by atoms with E-state index < -0.39 is 5.97 Å². The molecule has 0 aromatic rings. The van der Waals surface area contributed by atoms with Crippen LogP contribution in [-0.4, -0.2) is 23.7 Å². The minimum absolute atomic E-state index is 0.0615. The molecule has 0 radical (unpaired) electrons. The van der Waals surface area contributed by atoms with E-state index in [9.17, 15) is 9.59 Å². The predicted octanol–water partition coefficient (Wildman–Crippen LogP) is 0.580. The number of esters is 1. The smallest absolute Gasteiger partial charge is 0.330 e. The van der Waals surface area contributed by atoms with E-state index in [1.54, 1.807) is 6.08 Å². The number of cyclic esters (lactones) is 1. The quantitative estimate of drug-likeness (QED) is 0.486. The van der Waals surface area contributed by atoms with Crippen LogP contribution in [0.1, 0.15) is 13.3 Å². The molecule has 0 aromatic heterocycles. The molecule has 1 saturated heterocycles. The van der Waals surface area contributed by atoms with Crippen molar-refractivity contribution in [1.29, 1.82) is 0 Å². The molecule has 66 valence electrons. The van der Waals surface area contributed by atoms with Gasteiger partial charge in [-0.15, -0.1) is 0 Å². The van der Waals surface area contributed by atoms with Crippen LogP contribution in [0.4, 0.5) is 0 Å². The molecule has 4 heteroatoms.